The van der Waals surface area contributed by atoms with Crippen molar-refractivity contribution in [2.24, 2.45) is 5.73 Å². The number of furan rings is 1. The molecule has 1 aromatic heterocycles. The van der Waals surface area contributed by atoms with E-state index in [1.54, 1.807) is 6.26 Å². The molecule has 3 rings (SSSR count). The first-order chi connectivity index (χ1) is 9.74. The summed E-state index contributed by atoms with van der Waals surface area (Å²) in [6.07, 6.45) is 1.66. The van der Waals surface area contributed by atoms with Crippen LogP contribution in [-0.4, -0.2) is 0 Å². The Morgan fingerprint density at radius 2 is 1.85 bits per heavy atom. The average Bonchev–Trinajstić information content (AvgIpc) is 2.93. The zero-order valence-corrected chi connectivity index (χ0v) is 12.4. The summed E-state index contributed by atoms with van der Waals surface area (Å²) in [6.45, 7) is 0.885. The lowest BCUT2D eigenvalue weighted by Crippen LogP contribution is -1.95. The lowest BCUT2D eigenvalue weighted by atomic mass is 10.1. The maximum absolute atomic E-state index is 5.74. The highest BCUT2D eigenvalue weighted by atomic mass is 79.9. The molecule has 0 unspecified atom stereocenters. The molecule has 0 aliphatic rings. The summed E-state index contributed by atoms with van der Waals surface area (Å²) in [5.41, 5.74) is 6.52. The van der Waals surface area contributed by atoms with Crippen molar-refractivity contribution in [2.45, 2.75) is 13.2 Å². The summed E-state index contributed by atoms with van der Waals surface area (Å²) in [4.78, 5) is 0. The highest BCUT2D eigenvalue weighted by Crippen LogP contribution is 2.24. The fourth-order valence-corrected chi connectivity index (χ4v) is 2.43. The van der Waals surface area contributed by atoms with E-state index in [0.717, 1.165) is 26.9 Å². The van der Waals surface area contributed by atoms with E-state index >= 15 is 0 Å². The highest BCUT2D eigenvalue weighted by Gasteiger charge is 2.03. The van der Waals surface area contributed by atoms with E-state index in [-0.39, 0.29) is 0 Å². The standard InChI is InChI=1S/C16H14BrNO2/c17-14-3-1-13-7-15(4-2-12(13)6-14)20-10-16-5-11(8-18)9-19-16/h1-7,9H,8,10,18H2. The largest absolute Gasteiger partial charge is 0.486 e. The molecule has 0 bridgehead atoms. The van der Waals surface area contributed by atoms with Crippen molar-refractivity contribution in [1.29, 1.82) is 0 Å². The molecule has 0 saturated heterocycles. The van der Waals surface area contributed by atoms with Gasteiger partial charge in [0.1, 0.15) is 18.1 Å². The zero-order valence-electron chi connectivity index (χ0n) is 10.8. The Balaban J connectivity index is 1.75. The molecule has 4 heteroatoms. The Labute approximate surface area is 125 Å². The fraction of sp³-hybridized carbons (Fsp3) is 0.125. The van der Waals surface area contributed by atoms with Crippen molar-refractivity contribution >= 4 is 26.7 Å². The lowest BCUT2D eigenvalue weighted by Gasteiger charge is -2.06. The number of hydrogen-bond donors (Lipinski definition) is 1. The van der Waals surface area contributed by atoms with Crippen molar-refractivity contribution in [3.8, 4) is 5.75 Å². The van der Waals surface area contributed by atoms with Crippen LogP contribution in [0, 0.1) is 0 Å². The number of hydrogen-bond acceptors (Lipinski definition) is 3. The summed E-state index contributed by atoms with van der Waals surface area (Å²) < 4.78 is 12.2. The number of benzene rings is 2. The van der Waals surface area contributed by atoms with Gasteiger partial charge in [0, 0.05) is 16.6 Å². The van der Waals surface area contributed by atoms with E-state index in [0.29, 0.717) is 13.2 Å². The molecule has 20 heavy (non-hydrogen) atoms. The first kappa shape index (κ1) is 13.2. The molecule has 0 atom stereocenters. The molecule has 0 amide bonds. The SMILES string of the molecule is NCc1coc(COc2ccc3cc(Br)ccc3c2)c1. The molecule has 0 radical (unpaired) electrons. The number of fused-ring (bicyclic) bond motifs is 1. The highest BCUT2D eigenvalue weighted by molar-refractivity contribution is 9.10. The van der Waals surface area contributed by atoms with Crippen LogP contribution in [0.4, 0.5) is 0 Å². The van der Waals surface area contributed by atoms with Gasteiger partial charge in [0.05, 0.1) is 6.26 Å². The van der Waals surface area contributed by atoms with Gasteiger partial charge in [0.15, 0.2) is 0 Å². The minimum absolute atomic E-state index is 0.405. The first-order valence-electron chi connectivity index (χ1n) is 6.33. The first-order valence-corrected chi connectivity index (χ1v) is 7.12. The smallest absolute Gasteiger partial charge is 0.146 e. The van der Waals surface area contributed by atoms with Gasteiger partial charge >= 0.3 is 0 Å². The second kappa shape index (κ2) is 5.69. The summed E-state index contributed by atoms with van der Waals surface area (Å²) in [5, 5.41) is 2.32. The van der Waals surface area contributed by atoms with Gasteiger partial charge in [-0.3, -0.25) is 0 Å². The molecule has 3 nitrogen and oxygen atoms in total. The van der Waals surface area contributed by atoms with E-state index in [1.165, 1.54) is 5.39 Å². The zero-order chi connectivity index (χ0) is 13.9. The molecule has 2 aromatic carbocycles. The van der Waals surface area contributed by atoms with Crippen molar-refractivity contribution in [1.82, 2.24) is 0 Å². The van der Waals surface area contributed by atoms with Gasteiger partial charge in [-0.25, -0.2) is 0 Å². The van der Waals surface area contributed by atoms with Crippen LogP contribution in [0.15, 0.2) is 57.6 Å². The van der Waals surface area contributed by atoms with E-state index in [4.69, 9.17) is 14.9 Å². The predicted octanol–water partition coefficient (Wildman–Crippen LogP) is 4.23. The van der Waals surface area contributed by atoms with Crippen molar-refractivity contribution in [2.75, 3.05) is 0 Å². The molecule has 0 saturated carbocycles. The molecule has 0 spiro atoms. The normalized spacial score (nSPS) is 10.9. The van der Waals surface area contributed by atoms with Crippen molar-refractivity contribution in [3.05, 3.63) is 64.5 Å². The summed E-state index contributed by atoms with van der Waals surface area (Å²) >= 11 is 3.47. The second-order valence-corrected chi connectivity index (χ2v) is 5.48. The van der Waals surface area contributed by atoms with Gasteiger partial charge in [0.25, 0.3) is 0 Å². The van der Waals surface area contributed by atoms with Crippen LogP contribution in [-0.2, 0) is 13.2 Å². The minimum Gasteiger partial charge on any atom is -0.486 e. The van der Waals surface area contributed by atoms with E-state index in [9.17, 15) is 0 Å². The van der Waals surface area contributed by atoms with Crippen LogP contribution < -0.4 is 10.5 Å². The maximum Gasteiger partial charge on any atom is 0.146 e. The predicted molar refractivity (Wildman–Crippen MR) is 82.6 cm³/mol. The third kappa shape index (κ3) is 2.86. The minimum atomic E-state index is 0.405. The fourth-order valence-electron chi connectivity index (χ4n) is 2.05. The molecule has 1 heterocycles. The lowest BCUT2D eigenvalue weighted by molar-refractivity contribution is 0.270. The van der Waals surface area contributed by atoms with Gasteiger partial charge in [-0.15, -0.1) is 0 Å². The Bertz CT molecular complexity index is 736. The molecule has 0 fully saturated rings. The van der Waals surface area contributed by atoms with Crippen LogP contribution in [0.2, 0.25) is 0 Å². The molecule has 0 aliphatic carbocycles. The monoisotopic (exact) mass is 331 g/mol. The number of nitrogens with two attached hydrogens (primary N) is 1. The van der Waals surface area contributed by atoms with Gasteiger partial charge in [-0.2, -0.15) is 0 Å². The Morgan fingerprint density at radius 3 is 2.65 bits per heavy atom. The number of ether oxygens (including phenoxy) is 1. The van der Waals surface area contributed by atoms with Gasteiger partial charge in [0.2, 0.25) is 0 Å². The Kier molecular flexibility index (Phi) is 3.76. The van der Waals surface area contributed by atoms with Crippen LogP contribution in [0.25, 0.3) is 10.8 Å². The third-order valence-electron chi connectivity index (χ3n) is 3.10. The Morgan fingerprint density at radius 1 is 1.05 bits per heavy atom. The summed E-state index contributed by atoms with van der Waals surface area (Å²) in [6, 6.07) is 14.1. The molecular formula is C16H14BrNO2. The van der Waals surface area contributed by atoms with Crippen molar-refractivity contribution < 1.29 is 9.15 Å². The van der Waals surface area contributed by atoms with Gasteiger partial charge in [-0.05, 0) is 41.1 Å². The average molecular weight is 332 g/mol. The van der Waals surface area contributed by atoms with Crippen LogP contribution >= 0.6 is 15.9 Å². The van der Waals surface area contributed by atoms with Crippen LogP contribution in [0.5, 0.6) is 5.75 Å². The van der Waals surface area contributed by atoms with Crippen LogP contribution in [0.1, 0.15) is 11.3 Å². The topological polar surface area (TPSA) is 48.4 Å². The van der Waals surface area contributed by atoms with E-state index < -0.39 is 0 Å². The molecular weight excluding hydrogens is 318 g/mol. The van der Waals surface area contributed by atoms with Gasteiger partial charge < -0.3 is 14.9 Å². The van der Waals surface area contributed by atoms with Crippen LogP contribution in [0.3, 0.4) is 0 Å². The number of halogens is 1. The molecule has 2 N–H and O–H groups in total. The maximum atomic E-state index is 5.74. The molecule has 0 aliphatic heterocycles. The quantitative estimate of drug-likeness (QED) is 0.778. The van der Waals surface area contributed by atoms with E-state index in [2.05, 4.69) is 28.1 Å². The molecule has 102 valence electrons. The number of rotatable bonds is 4. The van der Waals surface area contributed by atoms with E-state index in [1.807, 2.05) is 30.3 Å². The second-order valence-electron chi connectivity index (χ2n) is 4.57. The van der Waals surface area contributed by atoms with Crippen molar-refractivity contribution in [3.63, 3.8) is 0 Å². The van der Waals surface area contributed by atoms with Gasteiger partial charge in [-0.1, -0.05) is 28.1 Å². The third-order valence-corrected chi connectivity index (χ3v) is 3.59. The summed E-state index contributed by atoms with van der Waals surface area (Å²) in [5.74, 6) is 1.60. The molecule has 3 aromatic rings. The summed E-state index contributed by atoms with van der Waals surface area (Å²) in [7, 11) is 0. The Hall–Kier alpha value is -1.78.